The fourth-order valence-corrected chi connectivity index (χ4v) is 4.86. The molecule has 1 saturated carbocycles. The second-order valence-corrected chi connectivity index (χ2v) is 9.03. The van der Waals surface area contributed by atoms with Crippen LogP contribution >= 0.6 is 11.8 Å². The van der Waals surface area contributed by atoms with Crippen LogP contribution in [0.1, 0.15) is 53.6 Å². The minimum atomic E-state index is -0.128. The summed E-state index contributed by atoms with van der Waals surface area (Å²) in [6, 6.07) is 15.8. The second kappa shape index (κ2) is 11.9. The van der Waals surface area contributed by atoms with Gasteiger partial charge in [-0.25, -0.2) is 0 Å². The summed E-state index contributed by atoms with van der Waals surface area (Å²) in [5.41, 5.74) is 2.74. The highest BCUT2D eigenvalue weighted by Crippen LogP contribution is 2.25. The third-order valence-corrected chi connectivity index (χ3v) is 6.84. The zero-order valence-electron chi connectivity index (χ0n) is 18.4. The largest absolute Gasteiger partial charge is 0.380 e. The maximum absolute atomic E-state index is 12.8. The zero-order valence-corrected chi connectivity index (χ0v) is 19.2. The van der Waals surface area contributed by atoms with E-state index < -0.39 is 0 Å². The van der Waals surface area contributed by atoms with Gasteiger partial charge in [0, 0.05) is 31.6 Å². The van der Waals surface area contributed by atoms with Gasteiger partial charge in [0.2, 0.25) is 5.91 Å². The number of methoxy groups -OCH3 is 1. The Bertz CT molecular complexity index is 863. The Morgan fingerprint density at radius 3 is 2.42 bits per heavy atom. The standard InChI is InChI=1S/C25H32N2O3S/c1-27(21-8-4-3-5-9-21)24(28)18-31-23-11-7-6-10-22(23)25(29)26-16-19-12-14-20(15-13-19)17-30-2/h6-7,10-15,21H,3-5,8-9,16-18H2,1-2H3,(H,26,29). The Hall–Kier alpha value is -2.31. The zero-order chi connectivity index (χ0) is 22.1. The molecule has 0 spiro atoms. The topological polar surface area (TPSA) is 58.6 Å². The summed E-state index contributed by atoms with van der Waals surface area (Å²) in [6.07, 6.45) is 5.87. The van der Waals surface area contributed by atoms with Crippen molar-refractivity contribution in [1.29, 1.82) is 0 Å². The van der Waals surface area contributed by atoms with E-state index in [1.165, 1.54) is 31.0 Å². The van der Waals surface area contributed by atoms with E-state index in [-0.39, 0.29) is 11.8 Å². The number of rotatable bonds is 9. The first-order valence-corrected chi connectivity index (χ1v) is 11.9. The molecule has 0 atom stereocenters. The lowest BCUT2D eigenvalue weighted by Gasteiger charge is -2.31. The van der Waals surface area contributed by atoms with Gasteiger partial charge < -0.3 is 15.0 Å². The summed E-state index contributed by atoms with van der Waals surface area (Å²) >= 11 is 1.44. The van der Waals surface area contributed by atoms with Crippen molar-refractivity contribution >= 4 is 23.6 Å². The van der Waals surface area contributed by atoms with Crippen molar-refractivity contribution in [2.24, 2.45) is 0 Å². The first-order chi connectivity index (χ1) is 15.1. The average molecular weight is 441 g/mol. The molecule has 0 aromatic heterocycles. The van der Waals surface area contributed by atoms with Crippen molar-refractivity contribution in [3.05, 3.63) is 65.2 Å². The van der Waals surface area contributed by atoms with Crippen LogP contribution in [0.3, 0.4) is 0 Å². The molecule has 3 rings (SSSR count). The summed E-state index contributed by atoms with van der Waals surface area (Å²) in [5.74, 6) is 0.346. The molecule has 0 unspecified atom stereocenters. The van der Waals surface area contributed by atoms with Gasteiger partial charge in [0.25, 0.3) is 5.91 Å². The molecule has 1 aliphatic carbocycles. The minimum Gasteiger partial charge on any atom is -0.380 e. The van der Waals surface area contributed by atoms with Crippen molar-refractivity contribution in [3.8, 4) is 0 Å². The van der Waals surface area contributed by atoms with E-state index in [0.717, 1.165) is 28.9 Å². The molecule has 2 aromatic rings. The monoisotopic (exact) mass is 440 g/mol. The van der Waals surface area contributed by atoms with E-state index in [9.17, 15) is 9.59 Å². The summed E-state index contributed by atoms with van der Waals surface area (Å²) in [5, 5.41) is 2.99. The molecule has 31 heavy (non-hydrogen) atoms. The smallest absolute Gasteiger partial charge is 0.252 e. The molecule has 166 valence electrons. The second-order valence-electron chi connectivity index (χ2n) is 8.01. The van der Waals surface area contributed by atoms with Crippen molar-refractivity contribution < 1.29 is 14.3 Å². The Balaban J connectivity index is 1.55. The van der Waals surface area contributed by atoms with Gasteiger partial charge in [0.1, 0.15) is 0 Å². The molecule has 0 radical (unpaired) electrons. The van der Waals surface area contributed by atoms with Crippen LogP contribution in [0, 0.1) is 0 Å². The highest BCUT2D eigenvalue weighted by molar-refractivity contribution is 8.00. The van der Waals surface area contributed by atoms with Gasteiger partial charge >= 0.3 is 0 Å². The number of hydrogen-bond donors (Lipinski definition) is 1. The predicted molar refractivity (Wildman–Crippen MR) is 125 cm³/mol. The molecule has 0 aliphatic heterocycles. The van der Waals surface area contributed by atoms with Crippen molar-refractivity contribution in [1.82, 2.24) is 10.2 Å². The molecular formula is C25H32N2O3S. The van der Waals surface area contributed by atoms with Crippen molar-refractivity contribution in [2.45, 2.75) is 56.2 Å². The molecule has 0 saturated heterocycles. The molecule has 6 heteroatoms. The lowest BCUT2D eigenvalue weighted by molar-refractivity contribution is -0.129. The number of benzene rings is 2. The number of hydrogen-bond acceptors (Lipinski definition) is 4. The van der Waals surface area contributed by atoms with Crippen LogP contribution in [0.4, 0.5) is 0 Å². The number of thioether (sulfide) groups is 1. The third kappa shape index (κ3) is 6.84. The van der Waals surface area contributed by atoms with Crippen LogP contribution in [-0.2, 0) is 22.7 Å². The van der Waals surface area contributed by atoms with Crippen LogP contribution in [0.25, 0.3) is 0 Å². The summed E-state index contributed by atoms with van der Waals surface area (Å²) in [4.78, 5) is 28.2. The maximum Gasteiger partial charge on any atom is 0.252 e. The quantitative estimate of drug-likeness (QED) is 0.577. The van der Waals surface area contributed by atoms with Crippen molar-refractivity contribution in [3.63, 3.8) is 0 Å². The summed E-state index contributed by atoms with van der Waals surface area (Å²) in [7, 11) is 3.58. The first kappa shape index (κ1) is 23.4. The first-order valence-electron chi connectivity index (χ1n) is 10.9. The predicted octanol–water partition coefficient (Wildman–Crippen LogP) is 4.65. The van der Waals surface area contributed by atoms with E-state index in [4.69, 9.17) is 4.74 Å². The number of ether oxygens (including phenoxy) is 1. The average Bonchev–Trinajstić information content (AvgIpc) is 2.82. The SMILES string of the molecule is COCc1ccc(CNC(=O)c2ccccc2SCC(=O)N(C)C2CCCCC2)cc1. The lowest BCUT2D eigenvalue weighted by atomic mass is 9.94. The van der Waals surface area contributed by atoms with Gasteiger partial charge in [-0.3, -0.25) is 9.59 Å². The fourth-order valence-electron chi connectivity index (χ4n) is 3.89. The van der Waals surface area contributed by atoms with Gasteiger partial charge in [-0.2, -0.15) is 0 Å². The Morgan fingerprint density at radius 2 is 1.71 bits per heavy atom. The van der Waals surface area contributed by atoms with Gasteiger partial charge in [0.15, 0.2) is 0 Å². The van der Waals surface area contributed by atoms with Gasteiger partial charge in [-0.05, 0) is 36.1 Å². The number of carbonyl (C=O) groups is 2. The number of nitrogens with zero attached hydrogens (tertiary/aromatic N) is 1. The Labute approximate surface area is 189 Å². The van der Waals surface area contributed by atoms with Gasteiger partial charge in [-0.1, -0.05) is 55.7 Å². The fraction of sp³-hybridized carbons (Fsp3) is 0.440. The molecule has 2 aromatic carbocycles. The van der Waals surface area contributed by atoms with E-state index >= 15 is 0 Å². The van der Waals surface area contributed by atoms with Crippen LogP contribution in [0.15, 0.2) is 53.4 Å². The summed E-state index contributed by atoms with van der Waals surface area (Å²) in [6.45, 7) is 1.03. The molecular weight excluding hydrogens is 408 g/mol. The van der Waals surface area contributed by atoms with Crippen molar-refractivity contribution in [2.75, 3.05) is 19.9 Å². The Morgan fingerprint density at radius 1 is 1.03 bits per heavy atom. The maximum atomic E-state index is 12.8. The lowest BCUT2D eigenvalue weighted by Crippen LogP contribution is -2.39. The van der Waals surface area contributed by atoms with Crippen LogP contribution in [0.5, 0.6) is 0 Å². The van der Waals surface area contributed by atoms with E-state index in [1.807, 2.05) is 60.5 Å². The molecule has 1 aliphatic rings. The van der Waals surface area contributed by atoms with Crippen LogP contribution in [-0.4, -0.2) is 42.7 Å². The number of carbonyl (C=O) groups excluding carboxylic acids is 2. The van der Waals surface area contributed by atoms with Gasteiger partial charge in [-0.15, -0.1) is 11.8 Å². The van der Waals surface area contributed by atoms with E-state index in [2.05, 4.69) is 5.32 Å². The third-order valence-electron chi connectivity index (χ3n) is 5.79. The van der Waals surface area contributed by atoms with E-state index in [1.54, 1.807) is 7.11 Å². The number of nitrogens with one attached hydrogen (secondary N) is 1. The molecule has 0 heterocycles. The molecule has 5 nitrogen and oxygen atoms in total. The highest BCUT2D eigenvalue weighted by Gasteiger charge is 2.22. The molecule has 1 N–H and O–H groups in total. The van der Waals surface area contributed by atoms with Crippen LogP contribution in [0.2, 0.25) is 0 Å². The minimum absolute atomic E-state index is 0.128. The summed E-state index contributed by atoms with van der Waals surface area (Å²) < 4.78 is 5.13. The van der Waals surface area contributed by atoms with E-state index in [0.29, 0.717) is 30.5 Å². The molecule has 0 bridgehead atoms. The normalized spacial score (nSPS) is 14.3. The Kier molecular flexibility index (Phi) is 8.98. The van der Waals surface area contributed by atoms with Crippen LogP contribution < -0.4 is 5.32 Å². The van der Waals surface area contributed by atoms with Gasteiger partial charge in [0.05, 0.1) is 17.9 Å². The molecule has 2 amide bonds. The number of amides is 2. The molecule has 1 fully saturated rings. The highest BCUT2D eigenvalue weighted by atomic mass is 32.2.